The first-order valence-corrected chi connectivity index (χ1v) is 9.99. The molecule has 1 rings (SSSR count). The molecule has 1 fully saturated rings. The largest absolute Gasteiger partial charge is 0.465 e. The van der Waals surface area contributed by atoms with E-state index in [2.05, 4.69) is 0 Å². The Morgan fingerprint density at radius 2 is 1.86 bits per heavy atom. The molecular weight excluding hydrogens is 380 g/mol. The van der Waals surface area contributed by atoms with Crippen molar-refractivity contribution in [2.24, 2.45) is 17.8 Å². The van der Waals surface area contributed by atoms with Gasteiger partial charge in [-0.15, -0.1) is 0 Å². The first-order chi connectivity index (χ1) is 13.5. The minimum atomic E-state index is -1.39. The van der Waals surface area contributed by atoms with Crippen molar-refractivity contribution >= 4 is 17.5 Å². The SMILES string of the molecule is C/C=C\[C@H](C)[C@H]1O[C@@]1(C)[C@@H](O)[C@@H](COC(C)=O)C(=O)[C@H](CO)[C@@H](O)CC(=O)CC. The number of Topliss-reactive ketones (excluding diaryl/α,β-unsaturated/α-hetero) is 2. The normalized spacial score (nSPS) is 26.4. The summed E-state index contributed by atoms with van der Waals surface area (Å²) in [6, 6.07) is 0. The van der Waals surface area contributed by atoms with Crippen LogP contribution in [0.25, 0.3) is 0 Å². The number of allylic oxidation sites excluding steroid dienone is 1. The summed E-state index contributed by atoms with van der Waals surface area (Å²) in [6.07, 6.45) is 0.650. The van der Waals surface area contributed by atoms with Crippen molar-refractivity contribution in [2.75, 3.05) is 13.2 Å². The molecule has 0 unspecified atom stereocenters. The van der Waals surface area contributed by atoms with E-state index in [0.717, 1.165) is 0 Å². The first kappa shape index (κ1) is 25.4. The molecule has 1 aliphatic heterocycles. The average molecular weight is 414 g/mol. The van der Waals surface area contributed by atoms with Crippen molar-refractivity contribution in [1.82, 2.24) is 0 Å². The van der Waals surface area contributed by atoms with Gasteiger partial charge in [-0.2, -0.15) is 0 Å². The molecule has 0 saturated carbocycles. The van der Waals surface area contributed by atoms with Crippen molar-refractivity contribution in [3.8, 4) is 0 Å². The summed E-state index contributed by atoms with van der Waals surface area (Å²) in [5.41, 5.74) is -1.04. The van der Waals surface area contributed by atoms with Gasteiger partial charge in [0.1, 0.15) is 23.8 Å². The quantitative estimate of drug-likeness (QED) is 0.229. The van der Waals surface area contributed by atoms with E-state index in [-0.39, 0.29) is 30.6 Å². The van der Waals surface area contributed by atoms with E-state index in [0.29, 0.717) is 0 Å². The number of aliphatic hydroxyl groups is 3. The molecule has 8 heteroatoms. The Hall–Kier alpha value is -1.61. The van der Waals surface area contributed by atoms with Gasteiger partial charge in [0.05, 0.1) is 36.8 Å². The number of hydrogen-bond donors (Lipinski definition) is 3. The third-order valence-corrected chi connectivity index (χ3v) is 5.52. The van der Waals surface area contributed by atoms with Gasteiger partial charge in [0.25, 0.3) is 0 Å². The van der Waals surface area contributed by atoms with E-state index in [1.54, 1.807) is 13.8 Å². The number of carbonyl (C=O) groups excluding carboxylic acids is 3. The summed E-state index contributed by atoms with van der Waals surface area (Å²) in [5.74, 6) is -4.06. The molecule has 0 amide bonds. The van der Waals surface area contributed by atoms with Crippen molar-refractivity contribution in [1.29, 1.82) is 0 Å². The minimum Gasteiger partial charge on any atom is -0.465 e. The van der Waals surface area contributed by atoms with Crippen LogP contribution in [-0.2, 0) is 23.9 Å². The van der Waals surface area contributed by atoms with Gasteiger partial charge in [-0.3, -0.25) is 14.4 Å². The maximum absolute atomic E-state index is 13.1. The van der Waals surface area contributed by atoms with Crippen molar-refractivity contribution in [3.63, 3.8) is 0 Å². The van der Waals surface area contributed by atoms with Crippen LogP contribution in [0.1, 0.15) is 47.5 Å². The van der Waals surface area contributed by atoms with Crippen LogP contribution in [0.15, 0.2) is 12.2 Å². The van der Waals surface area contributed by atoms with Crippen LogP contribution in [-0.4, -0.2) is 70.0 Å². The van der Waals surface area contributed by atoms with E-state index >= 15 is 0 Å². The number of rotatable bonds is 13. The fourth-order valence-electron chi connectivity index (χ4n) is 3.64. The number of ketones is 2. The van der Waals surface area contributed by atoms with Crippen molar-refractivity contribution < 1.29 is 39.2 Å². The standard InChI is InChI=1S/C21H34O8/c1-6-8-12(3)20-21(5,29-20)19(27)16(11-28-13(4)23)18(26)15(10-22)17(25)9-14(24)7-2/h6,8,12,15-17,19-20,22,25,27H,7,9-11H2,1-5H3/b8-6-/t12-,15+,16-,17-,19-,20+,21-/m0/s1. The zero-order chi connectivity index (χ0) is 22.4. The third kappa shape index (κ3) is 6.44. The second-order valence-electron chi connectivity index (χ2n) is 7.82. The Bertz CT molecular complexity index is 616. The number of carbonyl (C=O) groups is 3. The number of aliphatic hydroxyl groups excluding tert-OH is 3. The predicted octanol–water partition coefficient (Wildman–Crippen LogP) is 0.804. The molecule has 0 bridgehead atoms. The lowest BCUT2D eigenvalue weighted by atomic mass is 9.79. The maximum Gasteiger partial charge on any atom is 0.302 e. The Morgan fingerprint density at radius 3 is 2.34 bits per heavy atom. The summed E-state index contributed by atoms with van der Waals surface area (Å²) < 4.78 is 10.7. The Kier molecular flexibility index (Phi) is 9.61. The molecule has 3 N–H and O–H groups in total. The van der Waals surface area contributed by atoms with E-state index in [4.69, 9.17) is 9.47 Å². The number of epoxide rings is 1. The van der Waals surface area contributed by atoms with Gasteiger partial charge in [0, 0.05) is 25.7 Å². The van der Waals surface area contributed by atoms with Crippen LogP contribution in [0.3, 0.4) is 0 Å². The lowest BCUT2D eigenvalue weighted by Crippen LogP contribution is -2.48. The lowest BCUT2D eigenvalue weighted by molar-refractivity contribution is -0.150. The van der Waals surface area contributed by atoms with Gasteiger partial charge in [0.15, 0.2) is 0 Å². The minimum absolute atomic E-state index is 0.00877. The van der Waals surface area contributed by atoms with E-state index < -0.39 is 54.6 Å². The van der Waals surface area contributed by atoms with Crippen molar-refractivity contribution in [3.05, 3.63) is 12.2 Å². The summed E-state index contributed by atoms with van der Waals surface area (Å²) in [6.45, 7) is 7.15. The van der Waals surface area contributed by atoms with Crippen molar-refractivity contribution in [2.45, 2.75) is 71.4 Å². The Morgan fingerprint density at radius 1 is 1.24 bits per heavy atom. The molecule has 1 saturated heterocycles. The molecule has 7 atom stereocenters. The molecular formula is C21H34O8. The van der Waals surface area contributed by atoms with Gasteiger partial charge in [-0.25, -0.2) is 0 Å². The second kappa shape index (κ2) is 11.0. The fraction of sp³-hybridized carbons (Fsp3) is 0.762. The molecule has 0 aromatic carbocycles. The Labute approximate surface area is 171 Å². The average Bonchev–Trinajstić information content (AvgIpc) is 3.35. The van der Waals surface area contributed by atoms with Crippen LogP contribution in [0, 0.1) is 17.8 Å². The van der Waals surface area contributed by atoms with Crippen LogP contribution in [0.4, 0.5) is 0 Å². The molecule has 0 aromatic rings. The summed E-state index contributed by atoms with van der Waals surface area (Å²) in [7, 11) is 0. The molecule has 0 aromatic heterocycles. The molecule has 29 heavy (non-hydrogen) atoms. The summed E-state index contributed by atoms with van der Waals surface area (Å²) in [4.78, 5) is 36.0. The summed E-state index contributed by atoms with van der Waals surface area (Å²) >= 11 is 0. The van der Waals surface area contributed by atoms with E-state index in [9.17, 15) is 29.7 Å². The zero-order valence-electron chi connectivity index (χ0n) is 17.8. The highest BCUT2D eigenvalue weighted by atomic mass is 16.6. The predicted molar refractivity (Wildman–Crippen MR) is 105 cm³/mol. The monoisotopic (exact) mass is 414 g/mol. The summed E-state index contributed by atoms with van der Waals surface area (Å²) in [5, 5.41) is 30.9. The van der Waals surface area contributed by atoms with E-state index in [1.807, 2.05) is 26.0 Å². The highest BCUT2D eigenvalue weighted by Crippen LogP contribution is 2.46. The zero-order valence-corrected chi connectivity index (χ0v) is 17.8. The second-order valence-corrected chi connectivity index (χ2v) is 7.82. The molecule has 1 aliphatic rings. The number of ether oxygens (including phenoxy) is 2. The highest BCUT2D eigenvalue weighted by Gasteiger charge is 2.62. The number of esters is 1. The molecule has 8 nitrogen and oxygen atoms in total. The van der Waals surface area contributed by atoms with Crippen LogP contribution < -0.4 is 0 Å². The van der Waals surface area contributed by atoms with Crippen LogP contribution in [0.2, 0.25) is 0 Å². The molecule has 166 valence electrons. The van der Waals surface area contributed by atoms with Crippen LogP contribution >= 0.6 is 0 Å². The van der Waals surface area contributed by atoms with Gasteiger partial charge in [0.2, 0.25) is 0 Å². The topological polar surface area (TPSA) is 134 Å². The lowest BCUT2D eigenvalue weighted by Gasteiger charge is -2.29. The fourth-order valence-corrected chi connectivity index (χ4v) is 3.64. The van der Waals surface area contributed by atoms with Gasteiger partial charge in [-0.1, -0.05) is 26.0 Å². The highest BCUT2D eigenvalue weighted by molar-refractivity contribution is 5.86. The maximum atomic E-state index is 13.1. The van der Waals surface area contributed by atoms with Crippen LogP contribution in [0.5, 0.6) is 0 Å². The van der Waals surface area contributed by atoms with E-state index in [1.165, 1.54) is 6.92 Å². The molecule has 0 aliphatic carbocycles. The Balaban J connectivity index is 3.05. The molecule has 1 heterocycles. The number of hydrogen-bond acceptors (Lipinski definition) is 8. The smallest absolute Gasteiger partial charge is 0.302 e. The third-order valence-electron chi connectivity index (χ3n) is 5.52. The van der Waals surface area contributed by atoms with Gasteiger partial charge >= 0.3 is 5.97 Å². The molecule has 0 spiro atoms. The first-order valence-electron chi connectivity index (χ1n) is 9.99. The molecule has 0 radical (unpaired) electrons. The van der Waals surface area contributed by atoms with Gasteiger partial charge < -0.3 is 24.8 Å². The van der Waals surface area contributed by atoms with Gasteiger partial charge in [-0.05, 0) is 13.8 Å².